The van der Waals surface area contributed by atoms with Gasteiger partial charge in [0.1, 0.15) is 29.6 Å². The number of aromatic nitrogens is 5. The third-order valence-corrected chi connectivity index (χ3v) is 4.80. The fraction of sp³-hybridized carbons (Fsp3) is 0.385. The summed E-state index contributed by atoms with van der Waals surface area (Å²) in [6.07, 6.45) is 8.51. The van der Waals surface area contributed by atoms with Crippen LogP contribution in [0.15, 0.2) is 19.0 Å². The molecule has 4 rings (SSSR count). The van der Waals surface area contributed by atoms with Crippen LogP contribution in [-0.2, 0) is 19.4 Å². The van der Waals surface area contributed by atoms with Crippen molar-refractivity contribution in [3.8, 4) is 0 Å². The molecule has 3 aromatic heterocycles. The summed E-state index contributed by atoms with van der Waals surface area (Å²) in [5.41, 5.74) is 1.45. The van der Waals surface area contributed by atoms with Gasteiger partial charge in [-0.25, -0.2) is 15.0 Å². The van der Waals surface area contributed by atoms with Crippen LogP contribution in [0.5, 0.6) is 0 Å². The topological polar surface area (TPSA) is 68.5 Å². The van der Waals surface area contributed by atoms with Gasteiger partial charge in [0.25, 0.3) is 0 Å². The lowest BCUT2D eigenvalue weighted by atomic mass is 10.2. The quantitative estimate of drug-likeness (QED) is 0.793. The zero-order valence-electron chi connectivity index (χ0n) is 10.9. The van der Waals surface area contributed by atoms with Crippen molar-refractivity contribution in [2.24, 2.45) is 0 Å². The summed E-state index contributed by atoms with van der Waals surface area (Å²) in [6, 6.07) is 0. The van der Waals surface area contributed by atoms with Crippen LogP contribution < -0.4 is 5.32 Å². The Bertz CT molecular complexity index is 733. The lowest BCUT2D eigenvalue weighted by molar-refractivity contribution is 0.635. The third-order valence-electron chi connectivity index (χ3n) is 3.60. The van der Waals surface area contributed by atoms with E-state index in [2.05, 4.69) is 25.4 Å². The number of nitrogens with one attached hydrogen (secondary N) is 1. The highest BCUT2D eigenvalue weighted by atomic mass is 32.1. The summed E-state index contributed by atoms with van der Waals surface area (Å²) in [7, 11) is 0. The van der Waals surface area contributed by atoms with Crippen molar-refractivity contribution < 1.29 is 0 Å². The van der Waals surface area contributed by atoms with Gasteiger partial charge in [0.05, 0.1) is 11.9 Å². The van der Waals surface area contributed by atoms with Crippen LogP contribution >= 0.6 is 11.3 Å². The first-order valence-corrected chi connectivity index (χ1v) is 7.55. The van der Waals surface area contributed by atoms with E-state index < -0.39 is 0 Å². The molecule has 0 spiro atoms. The van der Waals surface area contributed by atoms with E-state index in [0.717, 1.165) is 30.2 Å². The van der Waals surface area contributed by atoms with Crippen LogP contribution in [-0.4, -0.2) is 31.3 Å². The van der Waals surface area contributed by atoms with E-state index in [1.807, 2.05) is 16.0 Å². The van der Waals surface area contributed by atoms with Gasteiger partial charge in [0.2, 0.25) is 0 Å². The van der Waals surface area contributed by atoms with E-state index in [1.54, 1.807) is 19.0 Å². The van der Waals surface area contributed by atoms with Gasteiger partial charge in [-0.2, -0.15) is 5.10 Å². The lowest BCUT2D eigenvalue weighted by Gasteiger charge is -2.07. The molecule has 0 saturated heterocycles. The van der Waals surface area contributed by atoms with Crippen molar-refractivity contribution in [3.05, 3.63) is 29.4 Å². The number of hydrogen-bond acceptors (Lipinski definition) is 6. The van der Waals surface area contributed by atoms with Gasteiger partial charge >= 0.3 is 0 Å². The van der Waals surface area contributed by atoms with Gasteiger partial charge in [-0.05, 0) is 24.8 Å². The molecule has 0 aromatic carbocycles. The molecule has 6 nitrogen and oxygen atoms in total. The molecule has 1 aliphatic carbocycles. The molecule has 0 saturated carbocycles. The SMILES string of the molecule is c1nc(NCCn2cncn2)c2c3c(sc2n1)CCC3. The molecule has 102 valence electrons. The Balaban J connectivity index is 1.59. The predicted octanol–water partition coefficient (Wildman–Crippen LogP) is 1.88. The summed E-state index contributed by atoms with van der Waals surface area (Å²) in [6.45, 7) is 1.55. The molecule has 0 unspecified atom stereocenters. The number of anilines is 1. The van der Waals surface area contributed by atoms with E-state index in [1.165, 1.54) is 28.7 Å². The molecular weight excluding hydrogens is 272 g/mol. The minimum atomic E-state index is 0.776. The average Bonchev–Trinajstić information content (AvgIpc) is 3.14. The third kappa shape index (κ3) is 1.94. The van der Waals surface area contributed by atoms with Gasteiger partial charge < -0.3 is 5.32 Å². The molecule has 3 heterocycles. The Morgan fingerprint density at radius 3 is 3.15 bits per heavy atom. The highest BCUT2D eigenvalue weighted by Gasteiger charge is 2.20. The second kappa shape index (κ2) is 4.82. The summed E-state index contributed by atoms with van der Waals surface area (Å²) in [4.78, 5) is 15.3. The van der Waals surface area contributed by atoms with Crippen LogP contribution in [0.4, 0.5) is 5.82 Å². The summed E-state index contributed by atoms with van der Waals surface area (Å²) in [5.74, 6) is 0.953. The molecule has 0 aliphatic heterocycles. The first-order valence-electron chi connectivity index (χ1n) is 6.73. The Morgan fingerprint density at radius 1 is 1.25 bits per heavy atom. The van der Waals surface area contributed by atoms with Crippen molar-refractivity contribution in [2.45, 2.75) is 25.8 Å². The smallest absolute Gasteiger partial charge is 0.138 e. The predicted molar refractivity (Wildman–Crippen MR) is 78.0 cm³/mol. The van der Waals surface area contributed by atoms with Crippen molar-refractivity contribution in [3.63, 3.8) is 0 Å². The van der Waals surface area contributed by atoms with Gasteiger partial charge in [-0.3, -0.25) is 4.68 Å². The first kappa shape index (κ1) is 11.8. The highest BCUT2D eigenvalue weighted by molar-refractivity contribution is 7.19. The number of thiophene rings is 1. The van der Waals surface area contributed by atoms with E-state index in [4.69, 9.17) is 0 Å². The number of aryl methyl sites for hydroxylation is 2. The fourth-order valence-electron chi connectivity index (χ4n) is 2.70. The zero-order valence-corrected chi connectivity index (χ0v) is 11.7. The summed E-state index contributed by atoms with van der Waals surface area (Å²) in [5, 5.41) is 8.73. The molecule has 3 aromatic rings. The molecule has 0 atom stereocenters. The monoisotopic (exact) mass is 286 g/mol. The number of rotatable bonds is 4. The van der Waals surface area contributed by atoms with E-state index in [9.17, 15) is 0 Å². The van der Waals surface area contributed by atoms with E-state index in [0.29, 0.717) is 0 Å². The molecule has 7 heteroatoms. The van der Waals surface area contributed by atoms with Crippen LogP contribution in [0.25, 0.3) is 10.2 Å². The number of hydrogen-bond donors (Lipinski definition) is 1. The van der Waals surface area contributed by atoms with Crippen LogP contribution in [0.2, 0.25) is 0 Å². The average molecular weight is 286 g/mol. The van der Waals surface area contributed by atoms with Gasteiger partial charge in [0.15, 0.2) is 0 Å². The standard InChI is InChI=1S/C13H14N6S/c1-2-9-10(3-1)20-13-11(9)12(16-7-17-13)15-4-5-19-8-14-6-18-19/h6-8H,1-5H2,(H,15,16,17). The Morgan fingerprint density at radius 2 is 2.25 bits per heavy atom. The minimum Gasteiger partial charge on any atom is -0.368 e. The molecule has 0 bridgehead atoms. The van der Waals surface area contributed by atoms with Crippen LogP contribution in [0.1, 0.15) is 16.9 Å². The maximum absolute atomic E-state index is 4.41. The van der Waals surface area contributed by atoms with Crippen LogP contribution in [0.3, 0.4) is 0 Å². The highest BCUT2D eigenvalue weighted by Crippen LogP contribution is 2.38. The summed E-state index contributed by atoms with van der Waals surface area (Å²) < 4.78 is 1.81. The molecule has 1 aliphatic rings. The molecule has 20 heavy (non-hydrogen) atoms. The zero-order chi connectivity index (χ0) is 13.4. The Labute approximate surface area is 119 Å². The molecule has 0 amide bonds. The fourth-order valence-corrected chi connectivity index (χ4v) is 3.93. The molecule has 0 fully saturated rings. The number of nitrogens with zero attached hydrogens (tertiary/aromatic N) is 5. The second-order valence-electron chi connectivity index (χ2n) is 4.85. The van der Waals surface area contributed by atoms with Crippen molar-refractivity contribution >= 4 is 27.4 Å². The Kier molecular flexibility index (Phi) is 2.84. The maximum atomic E-state index is 4.41. The largest absolute Gasteiger partial charge is 0.368 e. The minimum absolute atomic E-state index is 0.776. The van der Waals surface area contributed by atoms with Crippen molar-refractivity contribution in [1.82, 2.24) is 24.7 Å². The number of fused-ring (bicyclic) bond motifs is 3. The van der Waals surface area contributed by atoms with E-state index in [-0.39, 0.29) is 0 Å². The normalized spacial score (nSPS) is 13.8. The van der Waals surface area contributed by atoms with Crippen LogP contribution in [0, 0.1) is 0 Å². The van der Waals surface area contributed by atoms with Gasteiger partial charge in [0, 0.05) is 11.4 Å². The maximum Gasteiger partial charge on any atom is 0.138 e. The van der Waals surface area contributed by atoms with E-state index >= 15 is 0 Å². The van der Waals surface area contributed by atoms with Crippen molar-refractivity contribution in [1.29, 1.82) is 0 Å². The summed E-state index contributed by atoms with van der Waals surface area (Å²) >= 11 is 1.81. The molecule has 0 radical (unpaired) electrons. The van der Waals surface area contributed by atoms with Crippen molar-refractivity contribution in [2.75, 3.05) is 11.9 Å². The Hall–Kier alpha value is -2.02. The first-order chi connectivity index (χ1) is 9.92. The van der Waals surface area contributed by atoms with Gasteiger partial charge in [-0.15, -0.1) is 11.3 Å². The molecular formula is C13H14N6S. The lowest BCUT2D eigenvalue weighted by Crippen LogP contribution is -2.12. The van der Waals surface area contributed by atoms with Gasteiger partial charge in [-0.1, -0.05) is 0 Å². The second-order valence-corrected chi connectivity index (χ2v) is 5.93. The molecule has 1 N–H and O–H groups in total.